The third-order valence-corrected chi connectivity index (χ3v) is 6.89. The van der Waals surface area contributed by atoms with Gasteiger partial charge in [-0.3, -0.25) is 19.5 Å². The number of ether oxygens (including phenoxy) is 1. The Labute approximate surface area is 216 Å². The van der Waals surface area contributed by atoms with Gasteiger partial charge in [-0.1, -0.05) is 38.3 Å². The first-order valence-electron chi connectivity index (χ1n) is 11.4. The molecule has 0 saturated carbocycles. The topological polar surface area (TPSA) is 117 Å². The summed E-state index contributed by atoms with van der Waals surface area (Å²) in [5.41, 5.74) is -1.99. The fourth-order valence-electron chi connectivity index (χ4n) is 2.89. The molecule has 0 fully saturated rings. The van der Waals surface area contributed by atoms with Crippen LogP contribution < -0.4 is 10.1 Å². The molecule has 0 aliphatic heterocycles. The third kappa shape index (κ3) is 9.30. The second-order valence-corrected chi connectivity index (χ2v) is 10.3. The number of halogens is 4. The highest BCUT2D eigenvalue weighted by molar-refractivity contribution is 7.53. The van der Waals surface area contributed by atoms with Crippen LogP contribution in [-0.4, -0.2) is 30.3 Å². The summed E-state index contributed by atoms with van der Waals surface area (Å²) in [5, 5.41) is 13.5. The van der Waals surface area contributed by atoms with Gasteiger partial charge in [0.05, 0.1) is 28.7 Å². The van der Waals surface area contributed by atoms with Crippen LogP contribution in [0.5, 0.6) is 11.5 Å². The summed E-state index contributed by atoms with van der Waals surface area (Å²) < 4.78 is 67.9. The van der Waals surface area contributed by atoms with Crippen molar-refractivity contribution in [3.05, 3.63) is 62.7 Å². The van der Waals surface area contributed by atoms with Gasteiger partial charge in [-0.05, 0) is 37.1 Å². The number of carbonyl (C=O) groups excluding carboxylic acids is 1. The van der Waals surface area contributed by atoms with Crippen molar-refractivity contribution in [1.29, 1.82) is 0 Å². The molecule has 0 aromatic heterocycles. The standard InChI is InChI=1S/C23H27ClF3N2O7P/c1-3-5-11-34-37(33,35-12-6-4-2)15-28-22(30)18-14-17(8-9-20(18)29(31)32)36-21-10-7-16(13-19(21)24)23(25,26)27/h7-10,13-14H,3-6,11-12,15H2,1-2H3,(H,28,30). The molecule has 0 unspecified atom stereocenters. The number of rotatable bonds is 14. The van der Waals surface area contributed by atoms with E-state index < -0.39 is 47.7 Å². The van der Waals surface area contributed by atoms with Crippen molar-refractivity contribution in [3.8, 4) is 11.5 Å². The molecule has 2 aromatic carbocycles. The quantitative estimate of drug-likeness (QED) is 0.108. The normalized spacial score (nSPS) is 11.8. The predicted molar refractivity (Wildman–Crippen MR) is 131 cm³/mol. The Balaban J connectivity index is 2.25. The molecule has 0 radical (unpaired) electrons. The fourth-order valence-corrected chi connectivity index (χ4v) is 4.52. The summed E-state index contributed by atoms with van der Waals surface area (Å²) in [6.07, 6.45) is -2.33. The van der Waals surface area contributed by atoms with E-state index in [9.17, 15) is 32.6 Å². The molecule has 0 saturated heterocycles. The third-order valence-electron chi connectivity index (χ3n) is 4.90. The summed E-state index contributed by atoms with van der Waals surface area (Å²) in [7, 11) is -3.73. The Morgan fingerprint density at radius 2 is 1.70 bits per heavy atom. The summed E-state index contributed by atoms with van der Waals surface area (Å²) >= 11 is 5.90. The molecular weight excluding hydrogens is 540 g/mol. The highest BCUT2D eigenvalue weighted by Gasteiger charge is 2.31. The van der Waals surface area contributed by atoms with Gasteiger partial charge in [0.15, 0.2) is 0 Å². The zero-order valence-corrected chi connectivity index (χ0v) is 21.8. The average molecular weight is 567 g/mol. The minimum Gasteiger partial charge on any atom is -0.456 e. The Morgan fingerprint density at radius 1 is 1.08 bits per heavy atom. The highest BCUT2D eigenvalue weighted by Crippen LogP contribution is 2.47. The SMILES string of the molecule is CCCCOP(=O)(CNC(=O)c1cc(Oc2ccc(C(F)(F)F)cc2Cl)ccc1[N+](=O)[O-])OCCCC. The van der Waals surface area contributed by atoms with Gasteiger partial charge < -0.3 is 19.1 Å². The maximum Gasteiger partial charge on any atom is 0.416 e. The minimum absolute atomic E-state index is 0.0982. The molecule has 1 N–H and O–H groups in total. The predicted octanol–water partition coefficient (Wildman–Crippen LogP) is 7.57. The molecule has 37 heavy (non-hydrogen) atoms. The maximum absolute atomic E-state index is 13.0. The van der Waals surface area contributed by atoms with Crippen LogP contribution in [0, 0.1) is 10.1 Å². The Morgan fingerprint density at radius 3 is 2.22 bits per heavy atom. The van der Waals surface area contributed by atoms with Crippen LogP contribution in [0.3, 0.4) is 0 Å². The lowest BCUT2D eigenvalue weighted by atomic mass is 10.1. The van der Waals surface area contributed by atoms with Crippen LogP contribution in [0.1, 0.15) is 55.5 Å². The Kier molecular flexibility index (Phi) is 11.4. The lowest BCUT2D eigenvalue weighted by Gasteiger charge is -2.19. The van der Waals surface area contributed by atoms with Crippen LogP contribution in [0.2, 0.25) is 5.02 Å². The molecule has 2 aromatic rings. The van der Waals surface area contributed by atoms with Crippen molar-refractivity contribution in [2.75, 3.05) is 19.5 Å². The first-order valence-corrected chi connectivity index (χ1v) is 13.5. The number of benzene rings is 2. The van der Waals surface area contributed by atoms with E-state index in [2.05, 4.69) is 5.32 Å². The number of hydrogen-bond donors (Lipinski definition) is 1. The van der Waals surface area contributed by atoms with Gasteiger partial charge in [-0.15, -0.1) is 0 Å². The van der Waals surface area contributed by atoms with Crippen molar-refractivity contribution in [2.24, 2.45) is 0 Å². The van der Waals surface area contributed by atoms with E-state index in [1.54, 1.807) is 0 Å². The number of hydrogen-bond acceptors (Lipinski definition) is 7. The van der Waals surface area contributed by atoms with Gasteiger partial charge in [0.25, 0.3) is 11.6 Å². The molecule has 0 bridgehead atoms. The number of alkyl halides is 3. The molecule has 0 aliphatic carbocycles. The van der Waals surface area contributed by atoms with Gasteiger partial charge in [-0.2, -0.15) is 13.2 Å². The molecule has 0 heterocycles. The van der Waals surface area contributed by atoms with Gasteiger partial charge >= 0.3 is 13.8 Å². The number of nitro benzene ring substituents is 1. The van der Waals surface area contributed by atoms with Crippen LogP contribution in [0.4, 0.5) is 18.9 Å². The molecule has 9 nitrogen and oxygen atoms in total. The van der Waals surface area contributed by atoms with E-state index in [1.807, 2.05) is 13.8 Å². The molecule has 0 atom stereocenters. The largest absolute Gasteiger partial charge is 0.456 e. The van der Waals surface area contributed by atoms with Crippen LogP contribution in [-0.2, 0) is 19.8 Å². The summed E-state index contributed by atoms with van der Waals surface area (Å²) in [6.45, 7) is 4.13. The van der Waals surface area contributed by atoms with Crippen molar-refractivity contribution in [3.63, 3.8) is 0 Å². The number of nitrogens with one attached hydrogen (secondary N) is 1. The van der Waals surface area contributed by atoms with E-state index in [-0.39, 0.29) is 29.7 Å². The van der Waals surface area contributed by atoms with Crippen molar-refractivity contribution >= 4 is 30.8 Å². The molecule has 1 amide bonds. The minimum atomic E-state index is -4.61. The summed E-state index contributed by atoms with van der Waals surface area (Å²) in [4.78, 5) is 23.5. The number of unbranched alkanes of at least 4 members (excludes halogenated alkanes) is 2. The lowest BCUT2D eigenvalue weighted by molar-refractivity contribution is -0.385. The maximum atomic E-state index is 13.0. The zero-order chi connectivity index (χ0) is 27.6. The van der Waals surface area contributed by atoms with Crippen LogP contribution in [0.25, 0.3) is 0 Å². The first-order chi connectivity index (χ1) is 17.4. The molecular formula is C23H27ClF3N2O7P. The number of carbonyl (C=O) groups is 1. The molecule has 0 aliphatic rings. The molecule has 2 rings (SSSR count). The van der Waals surface area contributed by atoms with Gasteiger partial charge in [-0.25, -0.2) is 0 Å². The average Bonchev–Trinajstić information content (AvgIpc) is 2.83. The van der Waals surface area contributed by atoms with E-state index in [0.717, 1.165) is 43.2 Å². The monoisotopic (exact) mass is 566 g/mol. The van der Waals surface area contributed by atoms with E-state index in [4.69, 9.17) is 25.4 Å². The number of amides is 1. The Hall–Kier alpha value is -2.66. The van der Waals surface area contributed by atoms with Gasteiger partial charge in [0, 0.05) is 12.1 Å². The first kappa shape index (κ1) is 30.6. The zero-order valence-electron chi connectivity index (χ0n) is 20.2. The summed E-state index contributed by atoms with van der Waals surface area (Å²) in [6, 6.07) is 5.61. The summed E-state index contributed by atoms with van der Waals surface area (Å²) in [5.74, 6) is -1.21. The fraction of sp³-hybridized carbons (Fsp3) is 0.435. The molecule has 204 valence electrons. The van der Waals surface area contributed by atoms with Crippen molar-refractivity contribution < 1.29 is 41.2 Å². The highest BCUT2D eigenvalue weighted by atomic mass is 35.5. The van der Waals surface area contributed by atoms with Crippen LogP contribution in [0.15, 0.2) is 36.4 Å². The molecule has 0 spiro atoms. The number of nitrogens with zero attached hydrogens (tertiary/aromatic N) is 1. The van der Waals surface area contributed by atoms with Gasteiger partial charge in [0.2, 0.25) is 0 Å². The molecule has 14 heteroatoms. The smallest absolute Gasteiger partial charge is 0.416 e. The number of nitro groups is 1. The van der Waals surface area contributed by atoms with Crippen LogP contribution >= 0.6 is 19.2 Å². The van der Waals surface area contributed by atoms with Gasteiger partial charge in [0.1, 0.15) is 23.3 Å². The van der Waals surface area contributed by atoms with E-state index in [1.165, 1.54) is 0 Å². The second-order valence-electron chi connectivity index (χ2n) is 7.83. The van der Waals surface area contributed by atoms with E-state index in [0.29, 0.717) is 18.9 Å². The lowest BCUT2D eigenvalue weighted by Crippen LogP contribution is -2.26. The van der Waals surface area contributed by atoms with Crippen molar-refractivity contribution in [1.82, 2.24) is 5.32 Å². The van der Waals surface area contributed by atoms with E-state index >= 15 is 0 Å². The Bertz CT molecular complexity index is 1130. The second kappa shape index (κ2) is 13.8. The van der Waals surface area contributed by atoms with Crippen molar-refractivity contribution in [2.45, 2.75) is 45.7 Å².